The molecule has 0 bridgehead atoms. The van der Waals surface area contributed by atoms with Crippen molar-refractivity contribution in [3.8, 4) is 0 Å². The molecule has 0 aliphatic carbocycles. The molecular weight excluding hydrogens is 274 g/mol. The molecule has 0 atom stereocenters. The molecule has 7 heteroatoms. The molecule has 1 rings (SSSR count). The Balaban J connectivity index is 2.77. The molecule has 1 aromatic heterocycles. The fourth-order valence-corrected chi connectivity index (χ4v) is 1.96. The molecule has 0 unspecified atom stereocenters. The molecule has 0 aliphatic heterocycles. The second-order valence-electron chi connectivity index (χ2n) is 4.33. The number of likely N-dealkylation sites (N-methyl/N-ethyl adjacent to an activating group) is 1. The van der Waals surface area contributed by atoms with Crippen LogP contribution in [0.4, 0.5) is 11.6 Å². The van der Waals surface area contributed by atoms with Crippen molar-refractivity contribution in [1.29, 1.82) is 0 Å². The van der Waals surface area contributed by atoms with E-state index in [0.717, 1.165) is 24.6 Å². The fraction of sp³-hybridized carbons (Fsp3) is 0.615. The number of anilines is 2. The molecule has 112 valence electrons. The van der Waals surface area contributed by atoms with Gasteiger partial charge in [-0.2, -0.15) is 0 Å². The molecule has 1 heterocycles. The fourth-order valence-electron chi connectivity index (χ4n) is 1.59. The molecule has 0 saturated heterocycles. The van der Waals surface area contributed by atoms with E-state index in [1.54, 1.807) is 0 Å². The lowest BCUT2D eigenvalue weighted by Crippen LogP contribution is -2.35. The highest BCUT2D eigenvalue weighted by atomic mass is 32.2. The van der Waals surface area contributed by atoms with E-state index in [1.807, 2.05) is 38.1 Å². The van der Waals surface area contributed by atoms with Gasteiger partial charge in [-0.15, -0.1) is 0 Å². The predicted molar refractivity (Wildman–Crippen MR) is 84.5 cm³/mol. The van der Waals surface area contributed by atoms with Crippen LogP contribution in [0, 0.1) is 0 Å². The monoisotopic (exact) mass is 297 g/mol. The third kappa shape index (κ3) is 5.24. The Labute approximate surface area is 124 Å². The van der Waals surface area contributed by atoms with Gasteiger partial charge in [0.1, 0.15) is 11.6 Å². The van der Waals surface area contributed by atoms with E-state index in [1.165, 1.54) is 11.8 Å². The maximum atomic E-state index is 11.7. The number of hydrogen-bond acceptors (Lipinski definition) is 6. The highest BCUT2D eigenvalue weighted by Gasteiger charge is 2.11. The molecule has 0 saturated carbocycles. The first kappa shape index (κ1) is 16.6. The molecule has 0 aliphatic rings. The number of thioether (sulfide) groups is 1. The molecule has 1 aromatic rings. The number of nitrogens with one attached hydrogen (secondary N) is 2. The van der Waals surface area contributed by atoms with Gasteiger partial charge in [-0.25, -0.2) is 9.97 Å². The highest BCUT2D eigenvalue weighted by molar-refractivity contribution is 7.98. The standard InChI is InChI=1S/C13H23N5OS/c1-5-7-15-12(19)9-18(3)11-8-10(14-6-2)16-13(17-11)20-4/h8H,5-7,9H2,1-4H3,(H,15,19)(H,14,16,17). The van der Waals surface area contributed by atoms with Gasteiger partial charge in [-0.05, 0) is 19.6 Å². The Kier molecular flexibility index (Phi) is 7.14. The van der Waals surface area contributed by atoms with E-state index in [2.05, 4.69) is 20.6 Å². The van der Waals surface area contributed by atoms with E-state index in [4.69, 9.17) is 0 Å². The average molecular weight is 297 g/mol. The number of hydrogen-bond donors (Lipinski definition) is 2. The molecule has 1 amide bonds. The summed E-state index contributed by atoms with van der Waals surface area (Å²) in [5, 5.41) is 6.72. The van der Waals surface area contributed by atoms with Gasteiger partial charge in [-0.3, -0.25) is 4.79 Å². The van der Waals surface area contributed by atoms with Crippen molar-refractivity contribution >= 4 is 29.3 Å². The largest absolute Gasteiger partial charge is 0.370 e. The first-order valence-electron chi connectivity index (χ1n) is 6.75. The summed E-state index contributed by atoms with van der Waals surface area (Å²) in [5.74, 6) is 1.53. The predicted octanol–water partition coefficient (Wildman–Crippen LogP) is 1.59. The van der Waals surface area contributed by atoms with Crippen molar-refractivity contribution in [2.75, 3.05) is 43.2 Å². The van der Waals surface area contributed by atoms with Gasteiger partial charge < -0.3 is 15.5 Å². The van der Waals surface area contributed by atoms with Crippen LogP contribution in [0.15, 0.2) is 11.2 Å². The van der Waals surface area contributed by atoms with Crippen LogP contribution >= 0.6 is 11.8 Å². The summed E-state index contributed by atoms with van der Waals surface area (Å²) in [6, 6.07) is 1.86. The minimum atomic E-state index is 0.00339. The molecule has 0 aromatic carbocycles. The van der Waals surface area contributed by atoms with Crippen LogP contribution < -0.4 is 15.5 Å². The molecule has 0 fully saturated rings. The van der Waals surface area contributed by atoms with E-state index in [0.29, 0.717) is 11.7 Å². The van der Waals surface area contributed by atoms with Gasteiger partial charge >= 0.3 is 0 Å². The number of amides is 1. The molecule has 20 heavy (non-hydrogen) atoms. The average Bonchev–Trinajstić information content (AvgIpc) is 2.45. The lowest BCUT2D eigenvalue weighted by Gasteiger charge is -2.19. The van der Waals surface area contributed by atoms with Crippen molar-refractivity contribution in [2.45, 2.75) is 25.4 Å². The summed E-state index contributed by atoms with van der Waals surface area (Å²) < 4.78 is 0. The first-order chi connectivity index (χ1) is 9.60. The van der Waals surface area contributed by atoms with E-state index in [9.17, 15) is 4.79 Å². The number of rotatable bonds is 8. The van der Waals surface area contributed by atoms with E-state index >= 15 is 0 Å². The zero-order valence-corrected chi connectivity index (χ0v) is 13.4. The summed E-state index contributed by atoms with van der Waals surface area (Å²) in [7, 11) is 1.85. The number of aromatic nitrogens is 2. The summed E-state index contributed by atoms with van der Waals surface area (Å²) >= 11 is 1.48. The van der Waals surface area contributed by atoms with Crippen LogP contribution in [0.1, 0.15) is 20.3 Å². The zero-order valence-electron chi connectivity index (χ0n) is 12.6. The van der Waals surface area contributed by atoms with Gasteiger partial charge in [0.15, 0.2) is 5.16 Å². The second-order valence-corrected chi connectivity index (χ2v) is 5.11. The van der Waals surface area contributed by atoms with Crippen molar-refractivity contribution in [3.63, 3.8) is 0 Å². The quantitative estimate of drug-likeness (QED) is 0.561. The van der Waals surface area contributed by atoms with Crippen LogP contribution in [0.3, 0.4) is 0 Å². The highest BCUT2D eigenvalue weighted by Crippen LogP contribution is 2.19. The maximum absolute atomic E-state index is 11.7. The topological polar surface area (TPSA) is 70.2 Å². The SMILES string of the molecule is CCCNC(=O)CN(C)c1cc(NCC)nc(SC)n1. The third-order valence-corrected chi connectivity index (χ3v) is 3.12. The Morgan fingerprint density at radius 1 is 1.40 bits per heavy atom. The Morgan fingerprint density at radius 3 is 2.75 bits per heavy atom. The zero-order chi connectivity index (χ0) is 15.0. The van der Waals surface area contributed by atoms with E-state index in [-0.39, 0.29) is 12.5 Å². The lowest BCUT2D eigenvalue weighted by atomic mass is 10.4. The summed E-state index contributed by atoms with van der Waals surface area (Å²) in [5.41, 5.74) is 0. The number of carbonyl (C=O) groups excluding carboxylic acids is 1. The normalized spacial score (nSPS) is 10.2. The minimum absolute atomic E-state index is 0.00339. The van der Waals surface area contributed by atoms with Crippen molar-refractivity contribution in [2.24, 2.45) is 0 Å². The summed E-state index contributed by atoms with van der Waals surface area (Å²) in [6.07, 6.45) is 2.87. The van der Waals surface area contributed by atoms with Crippen LogP contribution in [0.5, 0.6) is 0 Å². The Hall–Kier alpha value is -1.50. The van der Waals surface area contributed by atoms with Crippen LogP contribution in [-0.4, -0.2) is 48.8 Å². The maximum Gasteiger partial charge on any atom is 0.239 e. The lowest BCUT2D eigenvalue weighted by molar-refractivity contribution is -0.119. The Bertz CT molecular complexity index is 441. The van der Waals surface area contributed by atoms with Gasteiger partial charge in [-0.1, -0.05) is 18.7 Å². The molecule has 2 N–H and O–H groups in total. The van der Waals surface area contributed by atoms with Crippen LogP contribution in [0.25, 0.3) is 0 Å². The van der Waals surface area contributed by atoms with E-state index < -0.39 is 0 Å². The number of carbonyl (C=O) groups is 1. The second kappa shape index (κ2) is 8.63. The third-order valence-electron chi connectivity index (χ3n) is 2.58. The number of nitrogens with zero attached hydrogens (tertiary/aromatic N) is 3. The van der Waals surface area contributed by atoms with Gasteiger partial charge in [0, 0.05) is 26.2 Å². The minimum Gasteiger partial charge on any atom is -0.370 e. The smallest absolute Gasteiger partial charge is 0.239 e. The van der Waals surface area contributed by atoms with Gasteiger partial charge in [0.05, 0.1) is 6.54 Å². The van der Waals surface area contributed by atoms with Crippen LogP contribution in [0.2, 0.25) is 0 Å². The summed E-state index contributed by atoms with van der Waals surface area (Å²) in [6.45, 7) is 5.83. The summed E-state index contributed by atoms with van der Waals surface area (Å²) in [4.78, 5) is 22.4. The molecule has 6 nitrogen and oxygen atoms in total. The van der Waals surface area contributed by atoms with Crippen molar-refractivity contribution in [1.82, 2.24) is 15.3 Å². The Morgan fingerprint density at radius 2 is 2.15 bits per heavy atom. The molecule has 0 radical (unpaired) electrons. The molecule has 0 spiro atoms. The van der Waals surface area contributed by atoms with Crippen molar-refractivity contribution < 1.29 is 4.79 Å². The van der Waals surface area contributed by atoms with Gasteiger partial charge in [0.25, 0.3) is 0 Å². The van der Waals surface area contributed by atoms with Crippen molar-refractivity contribution in [3.05, 3.63) is 6.07 Å². The molecular formula is C13H23N5OS. The van der Waals surface area contributed by atoms with Gasteiger partial charge in [0.2, 0.25) is 5.91 Å². The first-order valence-corrected chi connectivity index (χ1v) is 7.97. The van der Waals surface area contributed by atoms with Crippen LogP contribution in [-0.2, 0) is 4.79 Å².